The van der Waals surface area contributed by atoms with Crippen LogP contribution in [0, 0.1) is 0 Å². The molecule has 0 saturated heterocycles. The molecule has 1 N–H and O–H groups in total. The highest BCUT2D eigenvalue weighted by molar-refractivity contribution is 5.88. The summed E-state index contributed by atoms with van der Waals surface area (Å²) in [5.74, 6) is -0.796. The number of ether oxygens (including phenoxy) is 1. The maximum Gasteiger partial charge on any atom is 0.335 e. The molecule has 0 rings (SSSR count). The molecule has 0 fully saturated rings. The normalized spacial score (nSPS) is 14.1. The minimum Gasteiger partial charge on any atom is -0.464 e. The largest absolute Gasteiger partial charge is 0.464 e. The second kappa shape index (κ2) is 4.64. The zero-order valence-corrected chi connectivity index (χ0v) is 8.22. The van der Waals surface area contributed by atoms with Crippen molar-refractivity contribution in [3.8, 4) is 0 Å². The summed E-state index contributed by atoms with van der Waals surface area (Å²) in [6.07, 6.45) is 1.35. The Kier molecular flexibility index (Phi) is 4.17. The Hall–Kier alpha value is -1.32. The number of nitrogens with one attached hydrogen (secondary N) is 1. The van der Waals surface area contributed by atoms with E-state index in [0.717, 1.165) is 0 Å². The summed E-state index contributed by atoms with van der Waals surface area (Å²) >= 11 is 0. The highest BCUT2D eigenvalue weighted by atomic mass is 16.5. The Bertz CT molecular complexity index is 225. The van der Waals surface area contributed by atoms with Crippen molar-refractivity contribution in [2.45, 2.75) is 26.3 Å². The molecule has 0 radical (unpaired) electrons. The van der Waals surface area contributed by atoms with Crippen LogP contribution in [0.15, 0.2) is 12.7 Å². The van der Waals surface area contributed by atoms with Crippen molar-refractivity contribution in [2.24, 2.45) is 0 Å². The van der Waals surface area contributed by atoms with Crippen molar-refractivity contribution in [3.63, 3.8) is 0 Å². The second-order valence-electron chi connectivity index (χ2n) is 2.81. The zero-order valence-electron chi connectivity index (χ0n) is 8.22. The summed E-state index contributed by atoms with van der Waals surface area (Å²) in [6.45, 7) is 8.33. The van der Waals surface area contributed by atoms with E-state index in [2.05, 4.69) is 11.9 Å². The first-order valence-electron chi connectivity index (χ1n) is 4.06. The van der Waals surface area contributed by atoms with Crippen molar-refractivity contribution >= 4 is 11.9 Å². The first-order valence-corrected chi connectivity index (χ1v) is 4.06. The van der Waals surface area contributed by atoms with Crippen molar-refractivity contribution in [3.05, 3.63) is 12.7 Å². The van der Waals surface area contributed by atoms with Gasteiger partial charge in [-0.2, -0.15) is 0 Å². The van der Waals surface area contributed by atoms with E-state index < -0.39 is 11.5 Å². The van der Waals surface area contributed by atoms with Gasteiger partial charge in [-0.05, 0) is 13.8 Å². The van der Waals surface area contributed by atoms with Crippen LogP contribution in [-0.4, -0.2) is 24.0 Å². The molecular formula is C9H15NO3. The molecule has 0 aromatic heterocycles. The van der Waals surface area contributed by atoms with Gasteiger partial charge in [0.15, 0.2) is 5.54 Å². The van der Waals surface area contributed by atoms with Crippen LogP contribution in [0.1, 0.15) is 20.8 Å². The molecule has 0 aromatic rings. The Morgan fingerprint density at radius 1 is 1.62 bits per heavy atom. The van der Waals surface area contributed by atoms with Crippen LogP contribution in [0.2, 0.25) is 0 Å². The number of esters is 1. The highest BCUT2D eigenvalue weighted by Gasteiger charge is 2.31. The zero-order chi connectivity index (χ0) is 10.5. The molecule has 4 heteroatoms. The summed E-state index contributed by atoms with van der Waals surface area (Å²) in [6, 6.07) is 0. The topological polar surface area (TPSA) is 55.4 Å². The number of hydrogen-bond donors (Lipinski definition) is 1. The summed E-state index contributed by atoms with van der Waals surface area (Å²) in [5, 5.41) is 2.46. The molecule has 1 unspecified atom stereocenters. The summed E-state index contributed by atoms with van der Waals surface area (Å²) in [4.78, 5) is 22.1. The Labute approximate surface area is 78.0 Å². The van der Waals surface area contributed by atoms with Gasteiger partial charge in [-0.1, -0.05) is 6.08 Å². The smallest absolute Gasteiger partial charge is 0.335 e. The Balaban J connectivity index is 4.51. The van der Waals surface area contributed by atoms with Gasteiger partial charge in [0.05, 0.1) is 6.61 Å². The highest BCUT2D eigenvalue weighted by Crippen LogP contribution is 2.07. The van der Waals surface area contributed by atoms with E-state index in [1.807, 2.05) is 0 Å². The fourth-order valence-electron chi connectivity index (χ4n) is 0.832. The number of carbonyl (C=O) groups is 2. The third kappa shape index (κ3) is 3.27. The number of amides is 1. The van der Waals surface area contributed by atoms with Crippen molar-refractivity contribution in [1.29, 1.82) is 0 Å². The molecule has 0 spiro atoms. The van der Waals surface area contributed by atoms with Gasteiger partial charge in [-0.25, -0.2) is 4.79 Å². The third-order valence-electron chi connectivity index (χ3n) is 1.54. The van der Waals surface area contributed by atoms with E-state index in [0.29, 0.717) is 0 Å². The SMILES string of the molecule is C=CC(C)(NC(C)=O)C(=O)OCC. The van der Waals surface area contributed by atoms with E-state index in [4.69, 9.17) is 4.74 Å². The van der Waals surface area contributed by atoms with Gasteiger partial charge in [-0.3, -0.25) is 4.79 Å². The lowest BCUT2D eigenvalue weighted by Gasteiger charge is -2.23. The van der Waals surface area contributed by atoms with Crippen LogP contribution in [0.5, 0.6) is 0 Å². The van der Waals surface area contributed by atoms with Crippen LogP contribution in [0.25, 0.3) is 0 Å². The number of rotatable bonds is 4. The lowest BCUT2D eigenvalue weighted by atomic mass is 10.0. The van der Waals surface area contributed by atoms with Gasteiger partial charge >= 0.3 is 5.97 Å². The summed E-state index contributed by atoms with van der Waals surface area (Å²) in [7, 11) is 0. The average Bonchev–Trinajstić information content (AvgIpc) is 2.03. The standard InChI is InChI=1S/C9H15NO3/c1-5-9(4,10-7(3)11)8(12)13-6-2/h5H,1,6H2,2-4H3,(H,10,11). The molecule has 0 heterocycles. The minimum atomic E-state index is -1.12. The van der Waals surface area contributed by atoms with E-state index in [9.17, 15) is 9.59 Å². The molecule has 0 saturated carbocycles. The van der Waals surface area contributed by atoms with Gasteiger partial charge in [0.1, 0.15) is 0 Å². The first kappa shape index (κ1) is 11.7. The average molecular weight is 185 g/mol. The van der Waals surface area contributed by atoms with Gasteiger partial charge in [-0.15, -0.1) is 6.58 Å². The minimum absolute atomic E-state index is 0.280. The summed E-state index contributed by atoms with van der Waals surface area (Å²) in [5.41, 5.74) is -1.12. The van der Waals surface area contributed by atoms with E-state index >= 15 is 0 Å². The molecule has 0 aliphatic heterocycles. The lowest BCUT2D eigenvalue weighted by Crippen LogP contribution is -2.50. The molecule has 0 aromatic carbocycles. The lowest BCUT2D eigenvalue weighted by molar-refractivity contribution is -0.150. The Morgan fingerprint density at radius 3 is 2.46 bits per heavy atom. The van der Waals surface area contributed by atoms with Crippen molar-refractivity contribution in [2.75, 3.05) is 6.61 Å². The van der Waals surface area contributed by atoms with E-state index in [1.54, 1.807) is 13.8 Å². The van der Waals surface area contributed by atoms with Gasteiger partial charge in [0.2, 0.25) is 5.91 Å². The second-order valence-corrected chi connectivity index (χ2v) is 2.81. The van der Waals surface area contributed by atoms with E-state index in [1.165, 1.54) is 13.0 Å². The monoisotopic (exact) mass is 185 g/mol. The van der Waals surface area contributed by atoms with Crippen LogP contribution in [0.3, 0.4) is 0 Å². The molecule has 0 bridgehead atoms. The van der Waals surface area contributed by atoms with Gasteiger partial charge < -0.3 is 10.1 Å². The molecule has 0 aliphatic carbocycles. The molecule has 4 nitrogen and oxygen atoms in total. The quantitative estimate of drug-likeness (QED) is 0.516. The maximum atomic E-state index is 11.3. The fraction of sp³-hybridized carbons (Fsp3) is 0.556. The van der Waals surface area contributed by atoms with Crippen LogP contribution in [-0.2, 0) is 14.3 Å². The molecule has 1 atom stereocenters. The van der Waals surface area contributed by atoms with Gasteiger partial charge in [0.25, 0.3) is 0 Å². The first-order chi connectivity index (χ1) is 5.96. The van der Waals surface area contributed by atoms with Crippen molar-refractivity contribution in [1.82, 2.24) is 5.32 Å². The Morgan fingerprint density at radius 2 is 2.15 bits per heavy atom. The summed E-state index contributed by atoms with van der Waals surface area (Å²) < 4.78 is 4.77. The molecule has 13 heavy (non-hydrogen) atoms. The van der Waals surface area contributed by atoms with E-state index in [-0.39, 0.29) is 12.5 Å². The van der Waals surface area contributed by atoms with Gasteiger partial charge in [0, 0.05) is 6.92 Å². The molecule has 0 aliphatic rings. The van der Waals surface area contributed by atoms with Crippen LogP contribution in [0.4, 0.5) is 0 Å². The third-order valence-corrected chi connectivity index (χ3v) is 1.54. The van der Waals surface area contributed by atoms with Crippen LogP contribution >= 0.6 is 0 Å². The molecular weight excluding hydrogens is 170 g/mol. The van der Waals surface area contributed by atoms with Crippen molar-refractivity contribution < 1.29 is 14.3 Å². The van der Waals surface area contributed by atoms with Crippen LogP contribution < -0.4 is 5.32 Å². The molecule has 1 amide bonds. The predicted molar refractivity (Wildman–Crippen MR) is 49.1 cm³/mol. The fourth-order valence-corrected chi connectivity index (χ4v) is 0.832. The maximum absolute atomic E-state index is 11.3. The number of hydrogen-bond acceptors (Lipinski definition) is 3. The predicted octanol–water partition coefficient (Wildman–Crippen LogP) is 0.630. The molecule has 74 valence electrons. The number of carbonyl (C=O) groups excluding carboxylic acids is 2.